The smallest absolute Gasteiger partial charge is 0.243 e. The molecule has 8 nitrogen and oxygen atoms in total. The number of carbonyl (C=O) groups is 2. The summed E-state index contributed by atoms with van der Waals surface area (Å²) in [5.74, 6) is -0.548. The Bertz CT molecular complexity index is 1160. The van der Waals surface area contributed by atoms with Gasteiger partial charge in [-0.15, -0.1) is 0 Å². The highest BCUT2D eigenvalue weighted by Gasteiger charge is 2.31. The number of methoxy groups -OCH3 is 1. The lowest BCUT2D eigenvalue weighted by Crippen LogP contribution is -2.53. The van der Waals surface area contributed by atoms with Gasteiger partial charge < -0.3 is 15.0 Å². The monoisotopic (exact) mass is 535 g/mol. The summed E-state index contributed by atoms with van der Waals surface area (Å²) < 4.78 is 45.2. The number of nitrogens with zero attached hydrogens (tertiary/aromatic N) is 2. The number of benzene rings is 2. The van der Waals surface area contributed by atoms with Crippen LogP contribution in [0.25, 0.3) is 0 Å². The number of para-hydroxylation sites is 1. The minimum absolute atomic E-state index is 0.0179. The quantitative estimate of drug-likeness (QED) is 0.442. The van der Waals surface area contributed by atoms with Crippen molar-refractivity contribution in [2.75, 3.05) is 24.2 Å². The van der Waals surface area contributed by atoms with Crippen molar-refractivity contribution >= 4 is 27.5 Å². The largest absolute Gasteiger partial charge is 0.497 e. The number of hydrogen-bond donors (Lipinski definition) is 1. The van der Waals surface area contributed by atoms with Crippen LogP contribution < -0.4 is 14.4 Å². The number of halogens is 1. The summed E-state index contributed by atoms with van der Waals surface area (Å²) in [6, 6.07) is 12.1. The summed E-state index contributed by atoms with van der Waals surface area (Å²) in [5, 5.41) is 2.95. The molecule has 0 fully saturated rings. The van der Waals surface area contributed by atoms with E-state index in [1.165, 1.54) is 23.1 Å². The zero-order valence-corrected chi connectivity index (χ0v) is 23.3. The van der Waals surface area contributed by atoms with Gasteiger partial charge in [-0.2, -0.15) is 0 Å². The first-order valence-corrected chi connectivity index (χ1v) is 14.1. The van der Waals surface area contributed by atoms with Crippen LogP contribution in [-0.2, 0) is 26.2 Å². The van der Waals surface area contributed by atoms with E-state index < -0.39 is 27.4 Å². The van der Waals surface area contributed by atoms with E-state index in [1.807, 2.05) is 39.8 Å². The van der Waals surface area contributed by atoms with Crippen LogP contribution >= 0.6 is 0 Å². The van der Waals surface area contributed by atoms with Crippen molar-refractivity contribution in [3.63, 3.8) is 0 Å². The van der Waals surface area contributed by atoms with Crippen LogP contribution in [0.4, 0.5) is 10.1 Å². The minimum Gasteiger partial charge on any atom is -0.497 e. The summed E-state index contributed by atoms with van der Waals surface area (Å²) in [5.41, 5.74) is 0.276. The van der Waals surface area contributed by atoms with Crippen LogP contribution in [0.5, 0.6) is 5.75 Å². The Morgan fingerprint density at radius 1 is 1.08 bits per heavy atom. The van der Waals surface area contributed by atoms with Gasteiger partial charge in [-0.3, -0.25) is 13.9 Å². The fourth-order valence-electron chi connectivity index (χ4n) is 3.94. The van der Waals surface area contributed by atoms with Crippen molar-refractivity contribution in [3.05, 3.63) is 59.9 Å². The number of rotatable bonds is 12. The van der Waals surface area contributed by atoms with Gasteiger partial charge in [0.2, 0.25) is 21.8 Å². The lowest BCUT2D eigenvalue weighted by atomic mass is 10.0. The van der Waals surface area contributed by atoms with E-state index in [9.17, 15) is 22.4 Å². The molecule has 1 unspecified atom stereocenters. The molecule has 1 N–H and O–H groups in total. The van der Waals surface area contributed by atoms with Crippen molar-refractivity contribution < 1.29 is 27.1 Å². The fourth-order valence-corrected chi connectivity index (χ4v) is 4.90. The molecule has 10 heteroatoms. The predicted molar refractivity (Wildman–Crippen MR) is 143 cm³/mol. The highest BCUT2D eigenvalue weighted by Crippen LogP contribution is 2.23. The van der Waals surface area contributed by atoms with Crippen LogP contribution in [0, 0.1) is 5.82 Å². The average Bonchev–Trinajstić information content (AvgIpc) is 2.80. The van der Waals surface area contributed by atoms with Gasteiger partial charge in [-0.05, 0) is 63.4 Å². The van der Waals surface area contributed by atoms with Gasteiger partial charge in [0.25, 0.3) is 0 Å². The standard InChI is InChI=1S/C27H38FN3O5S/c1-7-23(26(33)29-27(2,3)4)30(19-20-14-16-21(36-5)17-15-20)25(32)13-10-18-31(37(6,34)35)24-12-9-8-11-22(24)28/h8-9,11-12,14-17,23H,7,10,13,18-19H2,1-6H3,(H,29,33). The van der Waals surface area contributed by atoms with E-state index >= 15 is 0 Å². The molecule has 0 aliphatic carbocycles. The first-order chi connectivity index (χ1) is 17.3. The summed E-state index contributed by atoms with van der Waals surface area (Å²) in [7, 11) is -2.21. The third-order valence-corrected chi connectivity index (χ3v) is 6.85. The summed E-state index contributed by atoms with van der Waals surface area (Å²) in [6.07, 6.45) is 1.53. The van der Waals surface area contributed by atoms with Gasteiger partial charge in [-0.25, -0.2) is 12.8 Å². The number of ether oxygens (including phenoxy) is 1. The molecule has 37 heavy (non-hydrogen) atoms. The van der Waals surface area contributed by atoms with E-state index in [1.54, 1.807) is 25.3 Å². The molecule has 0 saturated carbocycles. The van der Waals surface area contributed by atoms with E-state index in [-0.39, 0.29) is 43.4 Å². The lowest BCUT2D eigenvalue weighted by Gasteiger charge is -2.33. The zero-order chi connectivity index (χ0) is 27.8. The number of anilines is 1. The number of carbonyl (C=O) groups excluding carboxylic acids is 2. The van der Waals surface area contributed by atoms with Crippen LogP contribution in [0.15, 0.2) is 48.5 Å². The van der Waals surface area contributed by atoms with Gasteiger partial charge in [0.15, 0.2) is 0 Å². The maximum absolute atomic E-state index is 14.3. The maximum Gasteiger partial charge on any atom is 0.243 e. The van der Waals surface area contributed by atoms with Crippen molar-refractivity contribution in [2.24, 2.45) is 0 Å². The van der Waals surface area contributed by atoms with Crippen LogP contribution in [0.1, 0.15) is 52.5 Å². The van der Waals surface area contributed by atoms with E-state index in [0.717, 1.165) is 16.1 Å². The molecule has 0 aromatic heterocycles. The van der Waals surface area contributed by atoms with Crippen LogP contribution in [0.2, 0.25) is 0 Å². The number of nitrogens with one attached hydrogen (secondary N) is 1. The number of sulfonamides is 1. The molecule has 0 bridgehead atoms. The summed E-state index contributed by atoms with van der Waals surface area (Å²) in [6.45, 7) is 7.57. The third kappa shape index (κ3) is 9.03. The lowest BCUT2D eigenvalue weighted by molar-refractivity contribution is -0.142. The molecule has 204 valence electrons. The molecule has 2 aromatic carbocycles. The Balaban J connectivity index is 2.25. The van der Waals surface area contributed by atoms with Crippen molar-refractivity contribution in [2.45, 2.75) is 65.1 Å². The molecule has 0 spiro atoms. The second-order valence-electron chi connectivity index (χ2n) is 9.92. The molecule has 0 aliphatic heterocycles. The number of hydrogen-bond acceptors (Lipinski definition) is 5. The van der Waals surface area contributed by atoms with Gasteiger partial charge in [0.05, 0.1) is 19.1 Å². The minimum atomic E-state index is -3.78. The zero-order valence-electron chi connectivity index (χ0n) is 22.5. The maximum atomic E-state index is 14.3. The van der Waals surface area contributed by atoms with E-state index in [0.29, 0.717) is 12.2 Å². The highest BCUT2D eigenvalue weighted by molar-refractivity contribution is 7.92. The molecular formula is C27H38FN3O5S. The van der Waals surface area contributed by atoms with Crippen molar-refractivity contribution in [3.8, 4) is 5.75 Å². The summed E-state index contributed by atoms with van der Waals surface area (Å²) >= 11 is 0. The molecular weight excluding hydrogens is 497 g/mol. The normalized spacial score (nSPS) is 12.5. The second kappa shape index (κ2) is 12.9. The molecule has 2 rings (SSSR count). The molecule has 2 amide bonds. The van der Waals surface area contributed by atoms with Gasteiger partial charge in [-0.1, -0.05) is 31.2 Å². The topological polar surface area (TPSA) is 96.0 Å². The fraction of sp³-hybridized carbons (Fsp3) is 0.481. The highest BCUT2D eigenvalue weighted by atomic mass is 32.2. The van der Waals surface area contributed by atoms with Crippen LogP contribution in [-0.4, -0.2) is 56.6 Å². The Labute approximate surface area is 219 Å². The van der Waals surface area contributed by atoms with E-state index in [4.69, 9.17) is 4.74 Å². The first kappa shape index (κ1) is 30.1. The van der Waals surface area contributed by atoms with Crippen LogP contribution in [0.3, 0.4) is 0 Å². The van der Waals surface area contributed by atoms with Gasteiger partial charge in [0, 0.05) is 25.0 Å². The molecule has 0 heterocycles. The summed E-state index contributed by atoms with van der Waals surface area (Å²) in [4.78, 5) is 28.1. The third-order valence-electron chi connectivity index (χ3n) is 5.67. The molecule has 0 saturated heterocycles. The number of amides is 2. The van der Waals surface area contributed by atoms with Gasteiger partial charge in [0.1, 0.15) is 17.6 Å². The Morgan fingerprint density at radius 2 is 1.70 bits per heavy atom. The Hall–Kier alpha value is -3.14. The van der Waals surface area contributed by atoms with Crippen molar-refractivity contribution in [1.29, 1.82) is 0 Å². The van der Waals surface area contributed by atoms with Gasteiger partial charge >= 0.3 is 0 Å². The first-order valence-electron chi connectivity index (χ1n) is 12.2. The Morgan fingerprint density at radius 3 is 2.22 bits per heavy atom. The predicted octanol–water partition coefficient (Wildman–Crippen LogP) is 4.10. The average molecular weight is 536 g/mol. The second-order valence-corrected chi connectivity index (χ2v) is 11.8. The van der Waals surface area contributed by atoms with E-state index in [2.05, 4.69) is 5.32 Å². The SMILES string of the molecule is CCC(C(=O)NC(C)(C)C)N(Cc1ccc(OC)cc1)C(=O)CCCN(c1ccccc1F)S(C)(=O)=O. The molecule has 0 radical (unpaired) electrons. The molecule has 1 atom stereocenters. The molecule has 0 aliphatic rings. The van der Waals surface area contributed by atoms with Crippen molar-refractivity contribution in [1.82, 2.24) is 10.2 Å². The Kier molecular flexibility index (Phi) is 10.5. The molecule has 2 aromatic rings.